The Kier molecular flexibility index (Phi) is 5.13. The molecule has 0 aliphatic heterocycles. The summed E-state index contributed by atoms with van der Waals surface area (Å²) in [5.74, 6) is -1.03. The molecule has 0 unspecified atom stereocenters. The number of aryl methyl sites for hydroxylation is 1. The summed E-state index contributed by atoms with van der Waals surface area (Å²) in [6, 6.07) is 5.45. The summed E-state index contributed by atoms with van der Waals surface area (Å²) in [6.45, 7) is 1.94. The number of amides is 2. The maximum Gasteiger partial charge on any atom is 0.271 e. The highest BCUT2D eigenvalue weighted by Crippen LogP contribution is 2.08. The lowest BCUT2D eigenvalue weighted by Crippen LogP contribution is -2.28. The molecular weight excluding hydrogens is 287 g/mol. The molecule has 0 bridgehead atoms. The molecule has 0 atom stereocenters. The van der Waals surface area contributed by atoms with E-state index in [0.29, 0.717) is 5.69 Å². The van der Waals surface area contributed by atoms with Gasteiger partial charge in [-0.1, -0.05) is 0 Å². The Hall–Kier alpha value is -2.83. The van der Waals surface area contributed by atoms with Crippen LogP contribution < -0.4 is 10.6 Å². The molecule has 7 heteroatoms. The van der Waals surface area contributed by atoms with E-state index in [2.05, 4.69) is 20.6 Å². The largest absolute Gasteiger partial charge is 0.350 e. The normalized spacial score (nSPS) is 10.1. The number of carbonyl (C=O) groups is 2. The second kappa shape index (κ2) is 7.26. The highest BCUT2D eigenvalue weighted by molar-refractivity contribution is 5.93. The van der Waals surface area contributed by atoms with Gasteiger partial charge in [0.25, 0.3) is 5.91 Å². The Morgan fingerprint density at radius 2 is 1.86 bits per heavy atom. The van der Waals surface area contributed by atoms with Gasteiger partial charge in [-0.05, 0) is 31.2 Å². The van der Waals surface area contributed by atoms with Crippen LogP contribution in [0.4, 0.5) is 10.1 Å². The summed E-state index contributed by atoms with van der Waals surface area (Å²) in [4.78, 5) is 31.3. The number of hydrogen-bond donors (Lipinski definition) is 2. The molecule has 114 valence electrons. The van der Waals surface area contributed by atoms with Crippen molar-refractivity contribution in [2.24, 2.45) is 0 Å². The lowest BCUT2D eigenvalue weighted by Gasteiger charge is -2.06. The first-order chi connectivity index (χ1) is 10.5. The van der Waals surface area contributed by atoms with Gasteiger partial charge < -0.3 is 10.6 Å². The fourth-order valence-corrected chi connectivity index (χ4v) is 1.65. The molecule has 2 N–H and O–H groups in total. The molecular formula is C15H15FN4O2. The summed E-state index contributed by atoms with van der Waals surface area (Å²) >= 11 is 0. The molecule has 0 radical (unpaired) electrons. The highest BCUT2D eigenvalue weighted by atomic mass is 19.1. The molecule has 1 heterocycles. The first-order valence-corrected chi connectivity index (χ1v) is 6.67. The van der Waals surface area contributed by atoms with Crippen molar-refractivity contribution < 1.29 is 14.0 Å². The Labute approximate surface area is 126 Å². The minimum Gasteiger partial charge on any atom is -0.350 e. The Morgan fingerprint density at radius 3 is 2.50 bits per heavy atom. The van der Waals surface area contributed by atoms with E-state index in [9.17, 15) is 14.0 Å². The van der Waals surface area contributed by atoms with Crippen LogP contribution in [0.25, 0.3) is 0 Å². The Balaban J connectivity index is 1.75. The third-order valence-corrected chi connectivity index (χ3v) is 2.78. The van der Waals surface area contributed by atoms with E-state index < -0.39 is 0 Å². The summed E-state index contributed by atoms with van der Waals surface area (Å²) in [5, 5.41) is 5.19. The molecule has 2 aromatic rings. The Bertz CT molecular complexity index is 656. The van der Waals surface area contributed by atoms with Gasteiger partial charge in [0, 0.05) is 24.8 Å². The molecule has 2 rings (SSSR count). The van der Waals surface area contributed by atoms with Crippen molar-refractivity contribution in [3.05, 3.63) is 53.9 Å². The maximum atomic E-state index is 12.7. The minimum atomic E-state index is -0.387. The molecule has 2 amide bonds. The maximum absolute atomic E-state index is 12.7. The lowest BCUT2D eigenvalue weighted by molar-refractivity contribution is -0.116. The van der Waals surface area contributed by atoms with Crippen LogP contribution in [-0.2, 0) is 4.79 Å². The monoisotopic (exact) mass is 302 g/mol. The van der Waals surface area contributed by atoms with Crippen LogP contribution >= 0.6 is 0 Å². The minimum absolute atomic E-state index is 0.0996. The third kappa shape index (κ3) is 4.62. The van der Waals surface area contributed by atoms with E-state index in [1.165, 1.54) is 36.7 Å². The number of rotatable bonds is 5. The van der Waals surface area contributed by atoms with Crippen LogP contribution in [0.15, 0.2) is 36.7 Å². The summed E-state index contributed by atoms with van der Waals surface area (Å²) < 4.78 is 12.7. The summed E-state index contributed by atoms with van der Waals surface area (Å²) in [6.07, 6.45) is 2.97. The fourth-order valence-electron chi connectivity index (χ4n) is 1.65. The van der Waals surface area contributed by atoms with Crippen LogP contribution in [0, 0.1) is 12.7 Å². The number of anilines is 1. The topological polar surface area (TPSA) is 84.0 Å². The van der Waals surface area contributed by atoms with E-state index in [-0.39, 0.29) is 36.3 Å². The van der Waals surface area contributed by atoms with Crippen molar-refractivity contribution in [1.29, 1.82) is 0 Å². The molecule has 1 aromatic carbocycles. The average Bonchev–Trinajstić information content (AvgIpc) is 2.50. The molecule has 1 aromatic heterocycles. The summed E-state index contributed by atoms with van der Waals surface area (Å²) in [7, 11) is 0. The fraction of sp³-hybridized carbons (Fsp3) is 0.200. The molecule has 22 heavy (non-hydrogen) atoms. The second-order valence-corrected chi connectivity index (χ2v) is 4.60. The molecule has 0 saturated heterocycles. The van der Waals surface area contributed by atoms with Gasteiger partial charge in [-0.3, -0.25) is 14.6 Å². The smallest absolute Gasteiger partial charge is 0.271 e. The van der Waals surface area contributed by atoms with Crippen LogP contribution in [0.2, 0.25) is 0 Å². The zero-order valence-electron chi connectivity index (χ0n) is 12.0. The van der Waals surface area contributed by atoms with E-state index in [0.717, 1.165) is 5.69 Å². The number of aromatic nitrogens is 2. The van der Waals surface area contributed by atoms with Gasteiger partial charge in [0.05, 0.1) is 11.9 Å². The first-order valence-electron chi connectivity index (χ1n) is 6.67. The number of nitrogens with one attached hydrogen (secondary N) is 2. The molecule has 0 saturated carbocycles. The highest BCUT2D eigenvalue weighted by Gasteiger charge is 2.08. The SMILES string of the molecule is Cc1cnc(C(=O)NCCC(=O)Nc2ccc(F)cc2)cn1. The summed E-state index contributed by atoms with van der Waals surface area (Å²) in [5.41, 5.74) is 1.42. The number of nitrogens with zero attached hydrogens (tertiary/aromatic N) is 2. The van der Waals surface area contributed by atoms with Crippen molar-refractivity contribution in [3.63, 3.8) is 0 Å². The van der Waals surface area contributed by atoms with Gasteiger partial charge >= 0.3 is 0 Å². The zero-order valence-corrected chi connectivity index (χ0v) is 12.0. The predicted octanol–water partition coefficient (Wildman–Crippen LogP) is 1.68. The molecule has 0 aliphatic rings. The van der Waals surface area contributed by atoms with Crippen molar-refractivity contribution in [2.45, 2.75) is 13.3 Å². The molecule has 0 spiro atoms. The number of halogens is 1. The van der Waals surface area contributed by atoms with Gasteiger partial charge in [0.1, 0.15) is 11.5 Å². The predicted molar refractivity (Wildman–Crippen MR) is 78.7 cm³/mol. The Morgan fingerprint density at radius 1 is 1.14 bits per heavy atom. The molecule has 0 fully saturated rings. The van der Waals surface area contributed by atoms with Crippen LogP contribution in [0.5, 0.6) is 0 Å². The standard InChI is InChI=1S/C15H15FN4O2/c1-10-8-19-13(9-18-10)15(22)17-7-6-14(21)20-12-4-2-11(16)3-5-12/h2-5,8-9H,6-7H2,1H3,(H,17,22)(H,20,21). The molecule has 6 nitrogen and oxygen atoms in total. The van der Waals surface area contributed by atoms with Crippen molar-refractivity contribution in [3.8, 4) is 0 Å². The van der Waals surface area contributed by atoms with Gasteiger partial charge in [-0.15, -0.1) is 0 Å². The molecule has 0 aliphatic carbocycles. The first kappa shape index (κ1) is 15.6. The van der Waals surface area contributed by atoms with Crippen molar-refractivity contribution in [2.75, 3.05) is 11.9 Å². The van der Waals surface area contributed by atoms with Gasteiger partial charge in [-0.2, -0.15) is 0 Å². The average molecular weight is 302 g/mol. The van der Waals surface area contributed by atoms with E-state index in [1.54, 1.807) is 6.92 Å². The lowest BCUT2D eigenvalue weighted by atomic mass is 10.3. The quantitative estimate of drug-likeness (QED) is 0.880. The number of carbonyl (C=O) groups excluding carboxylic acids is 2. The zero-order chi connectivity index (χ0) is 15.9. The van der Waals surface area contributed by atoms with Gasteiger partial charge in [0.15, 0.2) is 0 Å². The second-order valence-electron chi connectivity index (χ2n) is 4.60. The number of benzene rings is 1. The van der Waals surface area contributed by atoms with E-state index in [1.807, 2.05) is 0 Å². The number of hydrogen-bond acceptors (Lipinski definition) is 4. The van der Waals surface area contributed by atoms with Crippen molar-refractivity contribution >= 4 is 17.5 Å². The van der Waals surface area contributed by atoms with E-state index in [4.69, 9.17) is 0 Å². The van der Waals surface area contributed by atoms with Crippen LogP contribution in [-0.4, -0.2) is 28.3 Å². The van der Waals surface area contributed by atoms with Gasteiger partial charge in [0.2, 0.25) is 5.91 Å². The van der Waals surface area contributed by atoms with Crippen LogP contribution in [0.1, 0.15) is 22.6 Å². The third-order valence-electron chi connectivity index (χ3n) is 2.78. The van der Waals surface area contributed by atoms with Gasteiger partial charge in [-0.25, -0.2) is 9.37 Å². The van der Waals surface area contributed by atoms with E-state index >= 15 is 0 Å². The van der Waals surface area contributed by atoms with Crippen molar-refractivity contribution in [1.82, 2.24) is 15.3 Å². The van der Waals surface area contributed by atoms with Crippen LogP contribution in [0.3, 0.4) is 0 Å².